The number of carbonyl (C=O) groups is 1. The van der Waals surface area contributed by atoms with Crippen LogP contribution in [0.2, 0.25) is 10.0 Å². The summed E-state index contributed by atoms with van der Waals surface area (Å²) in [7, 11) is 0. The second kappa shape index (κ2) is 8.87. The van der Waals surface area contributed by atoms with Crippen LogP contribution in [-0.2, 0) is 11.3 Å². The van der Waals surface area contributed by atoms with Crippen LogP contribution >= 0.6 is 23.2 Å². The molecule has 1 N–H and O–H groups in total. The molecular formula is C20H23Cl2N3O. The number of benzene rings is 2. The molecule has 1 heterocycles. The summed E-state index contributed by atoms with van der Waals surface area (Å²) in [6.45, 7) is 7.10. The second-order valence-corrected chi connectivity index (χ2v) is 7.44. The Hall–Kier alpha value is -1.59. The molecule has 0 aromatic heterocycles. The molecule has 0 saturated carbocycles. The Balaban J connectivity index is 1.48. The minimum atomic E-state index is -0.0904. The highest BCUT2D eigenvalue weighted by Crippen LogP contribution is 2.29. The van der Waals surface area contributed by atoms with Crippen LogP contribution in [0.25, 0.3) is 0 Å². The number of aryl methyl sites for hydroxylation is 1. The first-order chi connectivity index (χ1) is 12.5. The first-order valence-corrected chi connectivity index (χ1v) is 9.51. The van der Waals surface area contributed by atoms with Gasteiger partial charge in [-0.1, -0.05) is 53.5 Å². The number of nitrogens with one attached hydrogen (secondary N) is 1. The van der Waals surface area contributed by atoms with Crippen molar-refractivity contribution in [2.24, 2.45) is 0 Å². The third-order valence-electron chi connectivity index (χ3n) is 4.71. The van der Waals surface area contributed by atoms with Crippen LogP contribution in [0.1, 0.15) is 11.1 Å². The Labute approximate surface area is 164 Å². The monoisotopic (exact) mass is 391 g/mol. The van der Waals surface area contributed by atoms with Crippen LogP contribution in [0.15, 0.2) is 42.5 Å². The predicted molar refractivity (Wildman–Crippen MR) is 108 cm³/mol. The van der Waals surface area contributed by atoms with Gasteiger partial charge in [0.25, 0.3) is 0 Å². The van der Waals surface area contributed by atoms with Crippen LogP contribution in [-0.4, -0.2) is 48.4 Å². The van der Waals surface area contributed by atoms with E-state index >= 15 is 0 Å². The zero-order valence-corrected chi connectivity index (χ0v) is 16.4. The van der Waals surface area contributed by atoms with Crippen molar-refractivity contribution in [1.29, 1.82) is 0 Å². The average molecular weight is 392 g/mol. The SMILES string of the molecule is Cc1ccccc1CN1CCN(CC(=O)Nc2c(Cl)cccc2Cl)CC1. The van der Waals surface area contributed by atoms with Crippen molar-refractivity contribution in [3.05, 3.63) is 63.6 Å². The van der Waals surface area contributed by atoms with E-state index in [-0.39, 0.29) is 5.91 Å². The van der Waals surface area contributed by atoms with Gasteiger partial charge in [-0.3, -0.25) is 14.6 Å². The van der Waals surface area contributed by atoms with Gasteiger partial charge in [-0.25, -0.2) is 0 Å². The van der Waals surface area contributed by atoms with Gasteiger partial charge in [0.05, 0.1) is 22.3 Å². The van der Waals surface area contributed by atoms with Crippen LogP contribution in [0.4, 0.5) is 5.69 Å². The molecule has 138 valence electrons. The Kier molecular flexibility index (Phi) is 6.54. The number of para-hydroxylation sites is 1. The van der Waals surface area contributed by atoms with Gasteiger partial charge in [-0.15, -0.1) is 0 Å². The Morgan fingerprint density at radius 1 is 0.962 bits per heavy atom. The zero-order chi connectivity index (χ0) is 18.5. The normalized spacial score (nSPS) is 15.8. The third-order valence-corrected chi connectivity index (χ3v) is 5.34. The van der Waals surface area contributed by atoms with Crippen molar-refractivity contribution in [1.82, 2.24) is 9.80 Å². The zero-order valence-electron chi connectivity index (χ0n) is 14.8. The fourth-order valence-electron chi connectivity index (χ4n) is 3.13. The molecule has 26 heavy (non-hydrogen) atoms. The molecule has 4 nitrogen and oxygen atoms in total. The van der Waals surface area contributed by atoms with Crippen molar-refractivity contribution in [2.45, 2.75) is 13.5 Å². The average Bonchev–Trinajstić information content (AvgIpc) is 2.62. The number of hydrogen-bond donors (Lipinski definition) is 1. The number of halogens is 2. The van der Waals surface area contributed by atoms with Crippen LogP contribution in [0.5, 0.6) is 0 Å². The number of carbonyl (C=O) groups excluding carboxylic acids is 1. The summed E-state index contributed by atoms with van der Waals surface area (Å²) in [5.74, 6) is -0.0904. The molecule has 1 aliphatic heterocycles. The molecule has 3 rings (SSSR count). The Bertz CT molecular complexity index is 753. The van der Waals surface area contributed by atoms with Gasteiger partial charge in [0.2, 0.25) is 5.91 Å². The summed E-state index contributed by atoms with van der Waals surface area (Å²) < 4.78 is 0. The number of anilines is 1. The molecule has 0 aliphatic carbocycles. The van der Waals surface area contributed by atoms with Gasteiger partial charge >= 0.3 is 0 Å². The van der Waals surface area contributed by atoms with Crippen molar-refractivity contribution in [2.75, 3.05) is 38.0 Å². The molecule has 2 aromatic rings. The predicted octanol–water partition coefficient (Wildman–Crippen LogP) is 4.06. The summed E-state index contributed by atoms with van der Waals surface area (Å²) >= 11 is 12.2. The minimum absolute atomic E-state index is 0.0904. The number of rotatable bonds is 5. The van der Waals surface area contributed by atoms with Gasteiger partial charge < -0.3 is 5.32 Å². The molecule has 0 radical (unpaired) electrons. The van der Waals surface area contributed by atoms with E-state index in [1.807, 2.05) is 0 Å². The Morgan fingerprint density at radius 3 is 2.23 bits per heavy atom. The number of amides is 1. The van der Waals surface area contributed by atoms with Gasteiger partial charge in [0.1, 0.15) is 0 Å². The summed E-state index contributed by atoms with van der Waals surface area (Å²) in [5, 5.41) is 3.73. The molecule has 0 atom stereocenters. The van der Waals surface area contributed by atoms with Crippen LogP contribution in [0.3, 0.4) is 0 Å². The molecule has 1 aliphatic rings. The van der Waals surface area contributed by atoms with Gasteiger partial charge in [0.15, 0.2) is 0 Å². The van der Waals surface area contributed by atoms with Crippen LogP contribution in [0, 0.1) is 6.92 Å². The first-order valence-electron chi connectivity index (χ1n) is 8.76. The summed E-state index contributed by atoms with van der Waals surface area (Å²) in [4.78, 5) is 16.9. The molecule has 1 saturated heterocycles. The third kappa shape index (κ3) is 4.98. The lowest BCUT2D eigenvalue weighted by Gasteiger charge is -2.34. The lowest BCUT2D eigenvalue weighted by molar-refractivity contribution is -0.117. The standard InChI is InChI=1S/C20H23Cl2N3O/c1-15-5-2-3-6-16(15)13-24-9-11-25(12-10-24)14-19(26)23-20-17(21)7-4-8-18(20)22/h2-8H,9-14H2,1H3,(H,23,26). The van der Waals surface area contributed by atoms with Crippen molar-refractivity contribution in [3.63, 3.8) is 0 Å². The summed E-state index contributed by atoms with van der Waals surface area (Å²) in [6, 6.07) is 13.7. The Morgan fingerprint density at radius 2 is 1.58 bits per heavy atom. The summed E-state index contributed by atoms with van der Waals surface area (Å²) in [5.41, 5.74) is 3.18. The van der Waals surface area contributed by atoms with Crippen LogP contribution < -0.4 is 5.32 Å². The topological polar surface area (TPSA) is 35.6 Å². The van der Waals surface area contributed by atoms with Crippen molar-refractivity contribution < 1.29 is 4.79 Å². The number of piperazine rings is 1. The van der Waals surface area contributed by atoms with Crippen molar-refractivity contribution in [3.8, 4) is 0 Å². The van der Waals surface area contributed by atoms with E-state index in [2.05, 4.69) is 46.3 Å². The lowest BCUT2D eigenvalue weighted by atomic mass is 10.1. The van der Waals surface area contributed by atoms with E-state index in [1.165, 1.54) is 11.1 Å². The first kappa shape index (κ1) is 19.2. The fraction of sp³-hybridized carbons (Fsp3) is 0.350. The lowest BCUT2D eigenvalue weighted by Crippen LogP contribution is -2.48. The highest BCUT2D eigenvalue weighted by molar-refractivity contribution is 6.39. The maximum atomic E-state index is 12.3. The molecule has 0 bridgehead atoms. The molecule has 2 aromatic carbocycles. The van der Waals surface area contributed by atoms with Crippen molar-refractivity contribution >= 4 is 34.8 Å². The molecule has 0 spiro atoms. The molecule has 1 amide bonds. The maximum absolute atomic E-state index is 12.3. The van der Waals surface area contributed by atoms with Gasteiger partial charge in [-0.2, -0.15) is 0 Å². The van der Waals surface area contributed by atoms with E-state index in [0.29, 0.717) is 22.3 Å². The largest absolute Gasteiger partial charge is 0.322 e. The van der Waals surface area contributed by atoms with E-state index in [1.54, 1.807) is 18.2 Å². The van der Waals surface area contributed by atoms with E-state index in [9.17, 15) is 4.79 Å². The van der Waals surface area contributed by atoms with Gasteiger partial charge in [0, 0.05) is 32.7 Å². The van der Waals surface area contributed by atoms with E-state index < -0.39 is 0 Å². The van der Waals surface area contributed by atoms with E-state index in [0.717, 1.165) is 32.7 Å². The molecule has 0 unspecified atom stereocenters. The fourth-order valence-corrected chi connectivity index (χ4v) is 3.63. The van der Waals surface area contributed by atoms with Gasteiger partial charge in [-0.05, 0) is 30.2 Å². The quantitative estimate of drug-likeness (QED) is 0.834. The highest BCUT2D eigenvalue weighted by Gasteiger charge is 2.20. The maximum Gasteiger partial charge on any atom is 0.238 e. The summed E-state index contributed by atoms with van der Waals surface area (Å²) in [6.07, 6.45) is 0. The second-order valence-electron chi connectivity index (χ2n) is 6.62. The highest BCUT2D eigenvalue weighted by atomic mass is 35.5. The number of hydrogen-bond acceptors (Lipinski definition) is 3. The molecule has 6 heteroatoms. The molecular weight excluding hydrogens is 369 g/mol. The minimum Gasteiger partial charge on any atom is -0.322 e. The smallest absolute Gasteiger partial charge is 0.238 e. The number of nitrogens with zero attached hydrogens (tertiary/aromatic N) is 2. The molecule has 1 fully saturated rings. The van der Waals surface area contributed by atoms with E-state index in [4.69, 9.17) is 23.2 Å².